The van der Waals surface area contributed by atoms with Crippen LogP contribution in [0.4, 0.5) is 5.69 Å². The lowest BCUT2D eigenvalue weighted by Gasteiger charge is -2.21. The zero-order chi connectivity index (χ0) is 14.6. The summed E-state index contributed by atoms with van der Waals surface area (Å²) in [5.74, 6) is 0.230. The Bertz CT molecular complexity index is 545. The molecule has 106 valence electrons. The number of nitrogens with two attached hydrogens (primary N) is 1. The maximum Gasteiger partial charge on any atom is 0.231 e. The van der Waals surface area contributed by atoms with E-state index < -0.39 is 5.54 Å². The van der Waals surface area contributed by atoms with Crippen molar-refractivity contribution < 1.29 is 4.79 Å². The topological polar surface area (TPSA) is 78.9 Å². The number of nitrogens with zero attached hydrogens (tertiary/aromatic N) is 1. The predicted molar refractivity (Wildman–Crippen MR) is 81.3 cm³/mol. The number of thioether (sulfide) groups is 1. The Labute approximate surface area is 123 Å². The van der Waals surface area contributed by atoms with Crippen LogP contribution in [0.25, 0.3) is 0 Å². The smallest absolute Gasteiger partial charge is 0.231 e. The highest BCUT2D eigenvalue weighted by atomic mass is 32.2. The van der Waals surface area contributed by atoms with Crippen LogP contribution in [0.2, 0.25) is 0 Å². The molecular weight excluding hydrogens is 270 g/mol. The summed E-state index contributed by atoms with van der Waals surface area (Å²) in [7, 11) is 0. The molecule has 2 rings (SSSR count). The molecule has 0 spiro atoms. The SMILES string of the molecule is Cc1c(N)cccc1SCC(=O)NC1(C#N)CCCC1. The summed E-state index contributed by atoms with van der Waals surface area (Å²) in [5, 5.41) is 12.1. The van der Waals surface area contributed by atoms with Gasteiger partial charge in [-0.25, -0.2) is 0 Å². The van der Waals surface area contributed by atoms with Crippen LogP contribution in [0, 0.1) is 18.3 Å². The Morgan fingerprint density at radius 1 is 1.50 bits per heavy atom. The molecule has 0 atom stereocenters. The van der Waals surface area contributed by atoms with E-state index >= 15 is 0 Å². The third-order valence-corrected chi connectivity index (χ3v) is 4.89. The van der Waals surface area contributed by atoms with Gasteiger partial charge in [0, 0.05) is 10.6 Å². The first-order valence-electron chi connectivity index (χ1n) is 6.76. The van der Waals surface area contributed by atoms with Gasteiger partial charge in [0.2, 0.25) is 5.91 Å². The number of nitrogens with one attached hydrogen (secondary N) is 1. The van der Waals surface area contributed by atoms with E-state index in [1.165, 1.54) is 11.8 Å². The van der Waals surface area contributed by atoms with Crippen molar-refractivity contribution in [2.45, 2.75) is 43.0 Å². The van der Waals surface area contributed by atoms with Crippen LogP contribution >= 0.6 is 11.8 Å². The maximum atomic E-state index is 12.0. The highest BCUT2D eigenvalue weighted by molar-refractivity contribution is 8.00. The minimum Gasteiger partial charge on any atom is -0.398 e. The molecule has 1 aromatic rings. The minimum absolute atomic E-state index is 0.0831. The van der Waals surface area contributed by atoms with Crippen LogP contribution in [0.15, 0.2) is 23.1 Å². The average molecular weight is 289 g/mol. The second-order valence-corrected chi connectivity index (χ2v) is 6.23. The molecule has 0 heterocycles. The van der Waals surface area contributed by atoms with Crippen LogP contribution < -0.4 is 11.1 Å². The average Bonchev–Trinajstić information content (AvgIpc) is 2.89. The molecule has 1 saturated carbocycles. The summed E-state index contributed by atoms with van der Waals surface area (Å²) >= 11 is 1.46. The van der Waals surface area contributed by atoms with Gasteiger partial charge in [-0.15, -0.1) is 11.8 Å². The zero-order valence-corrected chi connectivity index (χ0v) is 12.4. The lowest BCUT2D eigenvalue weighted by molar-refractivity contribution is -0.119. The molecule has 1 aliphatic carbocycles. The van der Waals surface area contributed by atoms with Gasteiger partial charge in [-0.2, -0.15) is 5.26 Å². The van der Waals surface area contributed by atoms with Crippen LogP contribution in [0.1, 0.15) is 31.2 Å². The normalized spacial score (nSPS) is 16.6. The number of anilines is 1. The maximum absolute atomic E-state index is 12.0. The molecule has 1 amide bonds. The Balaban J connectivity index is 1.93. The van der Waals surface area contributed by atoms with Gasteiger partial charge in [0.15, 0.2) is 0 Å². The molecule has 1 aliphatic rings. The number of carbonyl (C=O) groups is 1. The lowest BCUT2D eigenvalue weighted by atomic mass is 10.0. The van der Waals surface area contributed by atoms with Crippen molar-refractivity contribution in [3.63, 3.8) is 0 Å². The van der Waals surface area contributed by atoms with E-state index in [-0.39, 0.29) is 5.91 Å². The highest BCUT2D eigenvalue weighted by Gasteiger charge is 2.35. The van der Waals surface area contributed by atoms with E-state index in [1.807, 2.05) is 25.1 Å². The molecule has 20 heavy (non-hydrogen) atoms. The molecule has 5 heteroatoms. The predicted octanol–water partition coefficient (Wildman–Crippen LogP) is 2.62. The van der Waals surface area contributed by atoms with Crippen molar-refractivity contribution in [3.05, 3.63) is 23.8 Å². The van der Waals surface area contributed by atoms with Crippen molar-refractivity contribution in [1.82, 2.24) is 5.32 Å². The number of hydrogen-bond donors (Lipinski definition) is 2. The van der Waals surface area contributed by atoms with Gasteiger partial charge in [0.25, 0.3) is 0 Å². The third-order valence-electron chi connectivity index (χ3n) is 3.73. The number of benzene rings is 1. The molecule has 1 fully saturated rings. The second kappa shape index (κ2) is 6.19. The van der Waals surface area contributed by atoms with Gasteiger partial charge in [-0.1, -0.05) is 6.07 Å². The van der Waals surface area contributed by atoms with Gasteiger partial charge >= 0.3 is 0 Å². The summed E-state index contributed by atoms with van der Waals surface area (Å²) in [4.78, 5) is 13.0. The lowest BCUT2D eigenvalue weighted by Crippen LogP contribution is -2.45. The first-order chi connectivity index (χ1) is 9.56. The standard InChI is InChI=1S/C15H19N3OS/c1-11-12(17)5-4-6-13(11)20-9-14(19)18-15(10-16)7-2-3-8-15/h4-6H,2-3,7-9,17H2,1H3,(H,18,19). The molecule has 3 N–H and O–H groups in total. The monoisotopic (exact) mass is 289 g/mol. The Kier molecular flexibility index (Phi) is 4.56. The number of amides is 1. The highest BCUT2D eigenvalue weighted by Crippen LogP contribution is 2.30. The molecule has 1 aromatic carbocycles. The molecule has 0 bridgehead atoms. The van der Waals surface area contributed by atoms with Gasteiger partial charge in [-0.05, 0) is 50.3 Å². The number of hydrogen-bond acceptors (Lipinski definition) is 4. The zero-order valence-electron chi connectivity index (χ0n) is 11.6. The molecule has 0 radical (unpaired) electrons. The molecule has 0 aromatic heterocycles. The fourth-order valence-corrected chi connectivity index (χ4v) is 3.35. The van der Waals surface area contributed by atoms with Crippen molar-refractivity contribution in [1.29, 1.82) is 5.26 Å². The Morgan fingerprint density at radius 2 is 2.20 bits per heavy atom. The summed E-state index contributed by atoms with van der Waals surface area (Å²) in [6, 6.07) is 7.96. The third kappa shape index (κ3) is 3.26. The van der Waals surface area contributed by atoms with Gasteiger partial charge < -0.3 is 11.1 Å². The fourth-order valence-electron chi connectivity index (χ4n) is 2.48. The van der Waals surface area contributed by atoms with E-state index in [0.717, 1.165) is 41.8 Å². The first-order valence-corrected chi connectivity index (χ1v) is 7.75. The van der Waals surface area contributed by atoms with Crippen LogP contribution in [0.3, 0.4) is 0 Å². The molecule has 0 unspecified atom stereocenters. The van der Waals surface area contributed by atoms with Crippen molar-refractivity contribution in [3.8, 4) is 6.07 Å². The van der Waals surface area contributed by atoms with Crippen molar-refractivity contribution >= 4 is 23.4 Å². The van der Waals surface area contributed by atoms with Gasteiger partial charge in [0.1, 0.15) is 5.54 Å². The number of carbonyl (C=O) groups excluding carboxylic acids is 1. The molecule has 0 aliphatic heterocycles. The fraction of sp³-hybridized carbons (Fsp3) is 0.467. The van der Waals surface area contributed by atoms with Crippen LogP contribution in [0.5, 0.6) is 0 Å². The van der Waals surface area contributed by atoms with Gasteiger partial charge in [0.05, 0.1) is 11.8 Å². The van der Waals surface area contributed by atoms with Gasteiger partial charge in [-0.3, -0.25) is 4.79 Å². The largest absolute Gasteiger partial charge is 0.398 e. The summed E-state index contributed by atoms with van der Waals surface area (Å²) in [6.45, 7) is 1.95. The summed E-state index contributed by atoms with van der Waals surface area (Å²) in [6.07, 6.45) is 3.54. The Morgan fingerprint density at radius 3 is 2.85 bits per heavy atom. The minimum atomic E-state index is -0.637. The summed E-state index contributed by atoms with van der Waals surface area (Å²) < 4.78 is 0. The molecule has 4 nitrogen and oxygen atoms in total. The number of nitriles is 1. The summed E-state index contributed by atoms with van der Waals surface area (Å²) in [5.41, 5.74) is 6.95. The van der Waals surface area contributed by atoms with Crippen molar-refractivity contribution in [2.24, 2.45) is 0 Å². The number of rotatable bonds is 4. The second-order valence-electron chi connectivity index (χ2n) is 5.21. The number of nitrogen functional groups attached to an aromatic ring is 1. The van der Waals surface area contributed by atoms with E-state index in [0.29, 0.717) is 5.75 Å². The quantitative estimate of drug-likeness (QED) is 0.659. The van der Waals surface area contributed by atoms with Crippen LogP contribution in [-0.4, -0.2) is 17.2 Å². The first kappa shape index (κ1) is 14.7. The van der Waals surface area contributed by atoms with Crippen molar-refractivity contribution in [2.75, 3.05) is 11.5 Å². The van der Waals surface area contributed by atoms with E-state index in [4.69, 9.17) is 5.73 Å². The molecule has 0 saturated heterocycles. The molecular formula is C15H19N3OS. The Hall–Kier alpha value is -1.67. The van der Waals surface area contributed by atoms with Crippen LogP contribution in [-0.2, 0) is 4.79 Å². The van der Waals surface area contributed by atoms with E-state index in [1.54, 1.807) is 0 Å². The van der Waals surface area contributed by atoms with E-state index in [2.05, 4.69) is 11.4 Å². The van der Waals surface area contributed by atoms with E-state index in [9.17, 15) is 10.1 Å².